The summed E-state index contributed by atoms with van der Waals surface area (Å²) in [6.07, 6.45) is 10.1. The zero-order chi connectivity index (χ0) is 36.1. The van der Waals surface area contributed by atoms with Crippen molar-refractivity contribution < 1.29 is 28.0 Å². The summed E-state index contributed by atoms with van der Waals surface area (Å²) in [7, 11) is -0.443. The van der Waals surface area contributed by atoms with Gasteiger partial charge in [-0.15, -0.1) is 4.36 Å². The summed E-state index contributed by atoms with van der Waals surface area (Å²) in [4.78, 5) is 30.1. The highest BCUT2D eigenvalue weighted by Crippen LogP contribution is 2.47. The lowest BCUT2D eigenvalue weighted by atomic mass is 9.68. The fraction of sp³-hybridized carbons (Fsp3) is 0.500. The molecule has 0 saturated heterocycles. The molecule has 7 rings (SSSR count). The molecule has 2 aromatic carbocycles. The number of nitrogens with one attached hydrogen (secondary N) is 1. The number of benzene rings is 2. The molecule has 5 atom stereocenters. The number of rotatable bonds is 3. The average Bonchev–Trinajstić information content (AvgIpc) is 3.34. The van der Waals surface area contributed by atoms with E-state index < -0.39 is 27.3 Å². The van der Waals surface area contributed by atoms with Crippen LogP contribution >= 0.6 is 11.6 Å². The summed E-state index contributed by atoms with van der Waals surface area (Å²) in [6, 6.07) is 11.4. The highest BCUT2D eigenvalue weighted by atomic mass is 35.5. The second-order valence-corrected chi connectivity index (χ2v) is 17.2. The number of ether oxygens (including phenoxy) is 3. The third-order valence-electron chi connectivity index (χ3n) is 11.3. The van der Waals surface area contributed by atoms with Gasteiger partial charge >= 0.3 is 0 Å². The number of aromatic nitrogens is 2. The second kappa shape index (κ2) is 13.7. The van der Waals surface area contributed by atoms with Crippen molar-refractivity contribution >= 4 is 39.0 Å². The number of anilines is 1. The van der Waals surface area contributed by atoms with E-state index in [1.165, 1.54) is 17.3 Å². The number of carbonyl (C=O) groups excluding carboxylic acids is 2. The number of fused-ring (bicyclic) bond motifs is 4. The fourth-order valence-electron chi connectivity index (χ4n) is 7.97. The molecule has 1 fully saturated rings. The number of nitrogens with zero attached hydrogens (tertiary/aromatic N) is 4. The molecule has 0 unspecified atom stereocenters. The van der Waals surface area contributed by atoms with Crippen LogP contribution in [-0.2, 0) is 43.1 Å². The SMILES string of the molecule is CO[C@@H]1C=CCOC(C)(C)C(=O)N=[S@](=O)(NC(=O)c2cnn(C)c2C)c2ccc3c(c2)N(C[C@@H]2CC[C@H]21)C[C@@]1(CCCc2cc(Cl)ccc21)CO3. The van der Waals surface area contributed by atoms with E-state index in [0.29, 0.717) is 37.1 Å². The first-order chi connectivity index (χ1) is 24.3. The van der Waals surface area contributed by atoms with E-state index in [0.717, 1.165) is 42.8 Å². The fourth-order valence-corrected chi connectivity index (χ4v) is 9.77. The van der Waals surface area contributed by atoms with Gasteiger partial charge < -0.3 is 19.1 Å². The van der Waals surface area contributed by atoms with Crippen molar-refractivity contribution in [2.45, 2.75) is 74.9 Å². The van der Waals surface area contributed by atoms with Crippen molar-refractivity contribution in [3.05, 3.63) is 82.2 Å². The Morgan fingerprint density at radius 1 is 1.18 bits per heavy atom. The molecule has 11 nitrogen and oxygen atoms in total. The van der Waals surface area contributed by atoms with Crippen LogP contribution in [0.5, 0.6) is 5.75 Å². The Hall–Kier alpha value is -3.71. The van der Waals surface area contributed by atoms with Gasteiger partial charge in [0, 0.05) is 43.4 Å². The third-order valence-corrected chi connectivity index (χ3v) is 13.3. The topological polar surface area (TPSA) is 124 Å². The number of hydrogen-bond acceptors (Lipinski definition) is 8. The van der Waals surface area contributed by atoms with Gasteiger partial charge in [-0.25, -0.2) is 4.21 Å². The molecular formula is C38H46ClN5O6S. The Bertz CT molecular complexity index is 2020. The normalized spacial score (nSPS) is 28.8. The monoisotopic (exact) mass is 735 g/mol. The molecule has 51 heavy (non-hydrogen) atoms. The number of methoxy groups -OCH3 is 1. The summed E-state index contributed by atoms with van der Waals surface area (Å²) in [5.41, 5.74) is 2.28. The molecule has 4 aliphatic rings. The summed E-state index contributed by atoms with van der Waals surface area (Å²) >= 11 is 6.47. The van der Waals surface area contributed by atoms with E-state index in [1.807, 2.05) is 18.2 Å². The lowest BCUT2D eigenvalue weighted by Crippen LogP contribution is -2.49. The number of amides is 2. The maximum absolute atomic E-state index is 15.1. The highest BCUT2D eigenvalue weighted by molar-refractivity contribution is 7.92. The first-order valence-electron chi connectivity index (χ1n) is 17.6. The van der Waals surface area contributed by atoms with Crippen LogP contribution in [0.25, 0.3) is 0 Å². The van der Waals surface area contributed by atoms with Crippen molar-refractivity contribution in [3.8, 4) is 5.75 Å². The van der Waals surface area contributed by atoms with Crippen molar-refractivity contribution in [1.29, 1.82) is 0 Å². The maximum atomic E-state index is 15.1. The Morgan fingerprint density at radius 2 is 2.00 bits per heavy atom. The lowest BCUT2D eigenvalue weighted by Gasteiger charge is -2.46. The van der Waals surface area contributed by atoms with Gasteiger partial charge in [0.05, 0.1) is 41.7 Å². The van der Waals surface area contributed by atoms with E-state index >= 15 is 4.21 Å². The standard InChI is InChI=1S/C38H46ClN5O6S/c1-24-30(20-40-43(24)4)35(45)41-51(47)28-12-15-34-32(19-28)44(22-38(23-49-34)16-6-8-25-18-27(39)11-14-31(25)38)21-26-10-13-29(26)33(48-5)9-7-17-50-37(2,3)36(46)42-51/h7,9,11-12,14-15,18-20,26,29,33H,6,8,10,13,16-17,21-23H2,1-5H3,(H,41,42,45,46,47)/t26-,29+,33+,38-,51+/m0/s1. The largest absolute Gasteiger partial charge is 0.490 e. The predicted molar refractivity (Wildman–Crippen MR) is 196 cm³/mol. The third kappa shape index (κ3) is 6.71. The van der Waals surface area contributed by atoms with Gasteiger partial charge in [-0.05, 0) is 106 Å². The molecule has 2 amide bonds. The van der Waals surface area contributed by atoms with Gasteiger partial charge in [-0.1, -0.05) is 29.8 Å². The Balaban J connectivity index is 1.38. The van der Waals surface area contributed by atoms with E-state index in [4.69, 9.17) is 25.8 Å². The van der Waals surface area contributed by atoms with Crippen LogP contribution < -0.4 is 14.4 Å². The summed E-state index contributed by atoms with van der Waals surface area (Å²) in [6.45, 7) is 6.87. The Labute approximate surface area is 305 Å². The van der Waals surface area contributed by atoms with Gasteiger partial charge in [-0.3, -0.25) is 19.0 Å². The molecule has 1 saturated carbocycles. The highest BCUT2D eigenvalue weighted by Gasteiger charge is 2.45. The molecule has 13 heteroatoms. The molecule has 1 spiro atoms. The Kier molecular flexibility index (Phi) is 9.58. The molecule has 0 radical (unpaired) electrons. The molecule has 272 valence electrons. The van der Waals surface area contributed by atoms with Crippen LogP contribution in [0.15, 0.2) is 64.0 Å². The quantitative estimate of drug-likeness (QED) is 0.327. The lowest BCUT2D eigenvalue weighted by molar-refractivity contribution is -0.137. The van der Waals surface area contributed by atoms with Crippen LogP contribution in [0.2, 0.25) is 5.02 Å². The van der Waals surface area contributed by atoms with Crippen LogP contribution in [0.1, 0.15) is 66.7 Å². The van der Waals surface area contributed by atoms with Gasteiger partial charge in [-0.2, -0.15) is 5.10 Å². The molecule has 1 N–H and O–H groups in total. The molecule has 1 aromatic heterocycles. The van der Waals surface area contributed by atoms with Gasteiger partial charge in [0.15, 0.2) is 9.92 Å². The van der Waals surface area contributed by atoms with Crippen LogP contribution in [0.3, 0.4) is 0 Å². The van der Waals surface area contributed by atoms with Crippen LogP contribution in [0.4, 0.5) is 5.69 Å². The second-order valence-electron chi connectivity index (χ2n) is 14.8. The van der Waals surface area contributed by atoms with Crippen molar-refractivity contribution in [2.24, 2.45) is 23.2 Å². The van der Waals surface area contributed by atoms with Gasteiger partial charge in [0.1, 0.15) is 11.4 Å². The maximum Gasteiger partial charge on any atom is 0.287 e. The molecule has 3 heterocycles. The zero-order valence-electron chi connectivity index (χ0n) is 29.8. The van der Waals surface area contributed by atoms with Crippen molar-refractivity contribution in [1.82, 2.24) is 14.5 Å². The van der Waals surface area contributed by atoms with E-state index in [1.54, 1.807) is 57.8 Å². The minimum Gasteiger partial charge on any atom is -0.490 e. The average molecular weight is 736 g/mol. The van der Waals surface area contributed by atoms with Gasteiger partial charge in [0.2, 0.25) is 0 Å². The van der Waals surface area contributed by atoms with Gasteiger partial charge in [0.25, 0.3) is 11.8 Å². The number of carbonyl (C=O) groups is 2. The number of hydrogen-bond donors (Lipinski definition) is 1. The number of aryl methyl sites for hydroxylation is 2. The Morgan fingerprint density at radius 3 is 2.73 bits per heavy atom. The molecule has 3 aromatic rings. The van der Waals surface area contributed by atoms with E-state index in [9.17, 15) is 9.59 Å². The first kappa shape index (κ1) is 35.7. The zero-order valence-corrected chi connectivity index (χ0v) is 31.4. The molecular weight excluding hydrogens is 690 g/mol. The van der Waals surface area contributed by atoms with E-state index in [2.05, 4.69) is 31.2 Å². The first-order valence-corrected chi connectivity index (χ1v) is 19.5. The minimum atomic E-state index is -3.89. The summed E-state index contributed by atoms with van der Waals surface area (Å²) < 4.78 is 42.2. The molecule has 2 aliphatic heterocycles. The van der Waals surface area contributed by atoms with Crippen LogP contribution in [-0.4, -0.2) is 70.9 Å². The summed E-state index contributed by atoms with van der Waals surface area (Å²) in [5.74, 6) is -0.186. The number of halogens is 1. The molecule has 2 bridgehead atoms. The smallest absolute Gasteiger partial charge is 0.287 e. The predicted octanol–water partition coefficient (Wildman–Crippen LogP) is 5.96. The van der Waals surface area contributed by atoms with Crippen molar-refractivity contribution in [2.75, 3.05) is 38.3 Å². The molecule has 2 aliphatic carbocycles. The minimum absolute atomic E-state index is 0.117. The van der Waals surface area contributed by atoms with Crippen molar-refractivity contribution in [3.63, 3.8) is 0 Å². The summed E-state index contributed by atoms with van der Waals surface area (Å²) in [5, 5.41) is 4.90. The van der Waals surface area contributed by atoms with E-state index in [-0.39, 0.29) is 34.5 Å². The van der Waals surface area contributed by atoms with Crippen LogP contribution in [0, 0.1) is 18.8 Å².